The first-order chi connectivity index (χ1) is 7.63. The number of thiophene rings is 1. The van der Waals surface area contributed by atoms with Crippen molar-refractivity contribution in [1.29, 1.82) is 0 Å². The van der Waals surface area contributed by atoms with Crippen molar-refractivity contribution in [2.24, 2.45) is 11.8 Å². The fourth-order valence-electron chi connectivity index (χ4n) is 1.69. The molecule has 16 heavy (non-hydrogen) atoms. The Hall–Kier alpha value is 0.140. The largest absolute Gasteiger partial charge is 0.306 e. The lowest BCUT2D eigenvalue weighted by Crippen LogP contribution is -2.30. The van der Waals surface area contributed by atoms with Gasteiger partial charge in [-0.1, -0.05) is 35.8 Å². The molecule has 1 aromatic rings. The molecule has 0 aliphatic rings. The van der Waals surface area contributed by atoms with Crippen molar-refractivity contribution in [2.45, 2.75) is 20.3 Å². The van der Waals surface area contributed by atoms with Crippen LogP contribution in [0.2, 0.25) is 0 Å². The predicted octanol–water partition coefficient (Wildman–Crippen LogP) is 3.89. The first kappa shape index (κ1) is 14.2. The fourth-order valence-corrected chi connectivity index (χ4v) is 3.34. The summed E-state index contributed by atoms with van der Waals surface area (Å²) < 4.78 is 0. The first-order valence-electron chi connectivity index (χ1n) is 5.90. The highest BCUT2D eigenvalue weighted by atomic mass is 79.9. The normalized spacial score (nSPS) is 13.6. The molecule has 0 saturated heterocycles. The molecule has 0 fully saturated rings. The number of hydrogen-bond donors (Lipinski definition) is 0. The van der Waals surface area contributed by atoms with E-state index in [1.807, 2.05) is 11.3 Å². The summed E-state index contributed by atoms with van der Waals surface area (Å²) in [5.41, 5.74) is 0. The van der Waals surface area contributed by atoms with Gasteiger partial charge in [0.25, 0.3) is 0 Å². The molecule has 0 aliphatic carbocycles. The van der Waals surface area contributed by atoms with Crippen molar-refractivity contribution in [3.05, 3.63) is 22.4 Å². The Balaban J connectivity index is 2.27. The lowest BCUT2D eigenvalue weighted by atomic mass is 9.97. The van der Waals surface area contributed by atoms with Crippen LogP contribution in [0.25, 0.3) is 0 Å². The second-order valence-corrected chi connectivity index (χ2v) is 6.43. The van der Waals surface area contributed by atoms with E-state index in [-0.39, 0.29) is 0 Å². The number of rotatable bonds is 7. The van der Waals surface area contributed by atoms with Gasteiger partial charge in [-0.3, -0.25) is 0 Å². The average molecular weight is 304 g/mol. The van der Waals surface area contributed by atoms with Crippen molar-refractivity contribution in [1.82, 2.24) is 4.90 Å². The van der Waals surface area contributed by atoms with E-state index in [2.05, 4.69) is 59.2 Å². The summed E-state index contributed by atoms with van der Waals surface area (Å²) in [6, 6.07) is 4.36. The average Bonchev–Trinajstić information content (AvgIpc) is 2.75. The van der Waals surface area contributed by atoms with Gasteiger partial charge in [-0.2, -0.15) is 0 Å². The van der Waals surface area contributed by atoms with Gasteiger partial charge in [0, 0.05) is 23.3 Å². The van der Waals surface area contributed by atoms with Gasteiger partial charge in [-0.25, -0.2) is 0 Å². The molecule has 0 aliphatic heterocycles. The molecule has 0 saturated carbocycles. The van der Waals surface area contributed by atoms with Crippen LogP contribution in [0, 0.1) is 11.8 Å². The minimum absolute atomic E-state index is 0.753. The minimum Gasteiger partial charge on any atom is -0.306 e. The number of halogens is 1. The molecule has 92 valence electrons. The van der Waals surface area contributed by atoms with Crippen LogP contribution in [0.1, 0.15) is 18.7 Å². The molecule has 1 aromatic heterocycles. The van der Waals surface area contributed by atoms with Crippen LogP contribution < -0.4 is 0 Å². The molecular weight excluding hydrogens is 282 g/mol. The maximum Gasteiger partial charge on any atom is 0.00743 e. The quantitative estimate of drug-likeness (QED) is 0.691. The van der Waals surface area contributed by atoms with E-state index in [0.717, 1.165) is 23.7 Å². The van der Waals surface area contributed by atoms with Crippen molar-refractivity contribution in [3.63, 3.8) is 0 Å². The Morgan fingerprint density at radius 2 is 2.19 bits per heavy atom. The lowest BCUT2D eigenvalue weighted by molar-refractivity contribution is 0.256. The third-order valence-electron chi connectivity index (χ3n) is 3.01. The molecular formula is C13H22BrNS. The molecule has 0 aromatic carbocycles. The van der Waals surface area contributed by atoms with E-state index in [9.17, 15) is 0 Å². The van der Waals surface area contributed by atoms with Gasteiger partial charge in [0.15, 0.2) is 0 Å². The van der Waals surface area contributed by atoms with Crippen LogP contribution in [-0.2, 0) is 6.42 Å². The van der Waals surface area contributed by atoms with E-state index in [1.165, 1.54) is 17.8 Å². The van der Waals surface area contributed by atoms with E-state index < -0.39 is 0 Å². The SMILES string of the molecule is CC(C)C(CBr)CN(C)CCc1cccs1. The van der Waals surface area contributed by atoms with Gasteiger partial charge >= 0.3 is 0 Å². The van der Waals surface area contributed by atoms with Crippen LogP contribution in [0.15, 0.2) is 17.5 Å². The van der Waals surface area contributed by atoms with Crippen molar-refractivity contribution in [2.75, 3.05) is 25.5 Å². The molecule has 0 spiro atoms. The Labute approximate surface area is 112 Å². The van der Waals surface area contributed by atoms with Gasteiger partial charge in [-0.05, 0) is 36.8 Å². The summed E-state index contributed by atoms with van der Waals surface area (Å²) in [4.78, 5) is 3.94. The standard InChI is InChI=1S/C13H22BrNS/c1-11(2)12(9-14)10-15(3)7-6-13-5-4-8-16-13/h4-5,8,11-12H,6-7,9-10H2,1-3H3. The zero-order chi connectivity index (χ0) is 12.0. The maximum absolute atomic E-state index is 3.61. The van der Waals surface area contributed by atoms with Crippen LogP contribution in [0.4, 0.5) is 0 Å². The van der Waals surface area contributed by atoms with Crippen LogP contribution in [0.5, 0.6) is 0 Å². The Kier molecular flexibility index (Phi) is 6.62. The smallest absolute Gasteiger partial charge is 0.00743 e. The fraction of sp³-hybridized carbons (Fsp3) is 0.692. The third-order valence-corrected chi connectivity index (χ3v) is 4.78. The van der Waals surface area contributed by atoms with E-state index in [0.29, 0.717) is 0 Å². The highest BCUT2D eigenvalue weighted by molar-refractivity contribution is 9.09. The zero-order valence-corrected chi connectivity index (χ0v) is 12.9. The summed E-state index contributed by atoms with van der Waals surface area (Å²) in [5, 5.41) is 3.26. The van der Waals surface area contributed by atoms with E-state index >= 15 is 0 Å². The van der Waals surface area contributed by atoms with Gasteiger partial charge in [0.2, 0.25) is 0 Å². The molecule has 1 nitrogen and oxygen atoms in total. The second-order valence-electron chi connectivity index (χ2n) is 4.75. The molecule has 1 heterocycles. The maximum atomic E-state index is 3.61. The molecule has 3 heteroatoms. The van der Waals surface area contributed by atoms with Crippen LogP contribution in [-0.4, -0.2) is 30.4 Å². The molecule has 1 atom stereocenters. The van der Waals surface area contributed by atoms with Crippen molar-refractivity contribution < 1.29 is 0 Å². The molecule has 1 rings (SSSR count). The summed E-state index contributed by atoms with van der Waals surface area (Å²) >= 11 is 5.47. The number of nitrogens with zero attached hydrogens (tertiary/aromatic N) is 1. The van der Waals surface area contributed by atoms with Gasteiger partial charge in [0.05, 0.1) is 0 Å². The van der Waals surface area contributed by atoms with Crippen molar-refractivity contribution >= 4 is 27.3 Å². The topological polar surface area (TPSA) is 3.24 Å². The molecule has 0 radical (unpaired) electrons. The van der Waals surface area contributed by atoms with Crippen LogP contribution in [0.3, 0.4) is 0 Å². The summed E-state index contributed by atoms with van der Waals surface area (Å²) in [6.07, 6.45) is 1.18. The summed E-state index contributed by atoms with van der Waals surface area (Å²) in [7, 11) is 2.23. The van der Waals surface area contributed by atoms with Gasteiger partial charge in [-0.15, -0.1) is 11.3 Å². The number of hydrogen-bond acceptors (Lipinski definition) is 2. The van der Waals surface area contributed by atoms with Gasteiger partial charge < -0.3 is 4.90 Å². The second kappa shape index (κ2) is 7.46. The van der Waals surface area contributed by atoms with E-state index in [1.54, 1.807) is 0 Å². The molecule has 0 amide bonds. The van der Waals surface area contributed by atoms with E-state index in [4.69, 9.17) is 0 Å². The summed E-state index contributed by atoms with van der Waals surface area (Å²) in [5.74, 6) is 1.51. The van der Waals surface area contributed by atoms with Crippen LogP contribution >= 0.6 is 27.3 Å². The summed E-state index contributed by atoms with van der Waals surface area (Å²) in [6.45, 7) is 6.96. The number of likely N-dealkylation sites (N-methyl/N-ethyl adjacent to an activating group) is 1. The molecule has 0 bridgehead atoms. The zero-order valence-electron chi connectivity index (χ0n) is 10.4. The van der Waals surface area contributed by atoms with Crippen molar-refractivity contribution in [3.8, 4) is 0 Å². The highest BCUT2D eigenvalue weighted by Crippen LogP contribution is 2.15. The lowest BCUT2D eigenvalue weighted by Gasteiger charge is -2.25. The monoisotopic (exact) mass is 303 g/mol. The Bertz CT molecular complexity index is 271. The Morgan fingerprint density at radius 3 is 2.69 bits per heavy atom. The molecule has 0 N–H and O–H groups in total. The molecule has 1 unspecified atom stereocenters. The van der Waals surface area contributed by atoms with Gasteiger partial charge in [0.1, 0.15) is 0 Å². The highest BCUT2D eigenvalue weighted by Gasteiger charge is 2.14. The minimum atomic E-state index is 0.753. The third kappa shape index (κ3) is 4.98. The first-order valence-corrected chi connectivity index (χ1v) is 7.90. The Morgan fingerprint density at radius 1 is 1.44 bits per heavy atom. The predicted molar refractivity (Wildman–Crippen MR) is 77.6 cm³/mol. The number of alkyl halides is 1.